The third-order valence-corrected chi connectivity index (χ3v) is 8.20. The van der Waals surface area contributed by atoms with Crippen LogP contribution < -0.4 is 10.0 Å². The Hall–Kier alpha value is -3.13. The van der Waals surface area contributed by atoms with E-state index in [1.165, 1.54) is 12.3 Å². The fourth-order valence-electron chi connectivity index (χ4n) is 4.80. The standard InChI is InChI=1S/C26H31F5N6O2S/c1-4-15-12-21(16-5-7-20(18(27)11-16)36-40(38,39)10-9-26(29,30)31)34-22-14-32-25(35-24(15)22)33-17-6-8-23(37(2)3)19(28)13-17/h5,7,11-12,14,17,19,23,36H,4,6,8-10,13H2,1-3H3,(H,32,33,35). The monoisotopic (exact) mass is 586 g/mol. The minimum atomic E-state index is -4.65. The number of fused-ring (bicyclic) bond motifs is 1. The molecule has 0 radical (unpaired) electrons. The van der Waals surface area contributed by atoms with Crippen LogP contribution in [0, 0.1) is 5.82 Å². The van der Waals surface area contributed by atoms with E-state index < -0.39 is 46.0 Å². The molecule has 1 fully saturated rings. The van der Waals surface area contributed by atoms with Crippen LogP contribution in [0.2, 0.25) is 0 Å². The molecule has 0 saturated heterocycles. The van der Waals surface area contributed by atoms with Crippen molar-refractivity contribution in [3.8, 4) is 11.3 Å². The van der Waals surface area contributed by atoms with E-state index >= 15 is 0 Å². The third kappa shape index (κ3) is 7.33. The van der Waals surface area contributed by atoms with Crippen LogP contribution in [0.1, 0.15) is 38.2 Å². The lowest BCUT2D eigenvalue weighted by atomic mass is 9.89. The zero-order chi connectivity index (χ0) is 29.2. The van der Waals surface area contributed by atoms with E-state index in [4.69, 9.17) is 0 Å². The van der Waals surface area contributed by atoms with E-state index in [2.05, 4.69) is 20.3 Å². The van der Waals surface area contributed by atoms with Crippen molar-refractivity contribution in [2.45, 2.75) is 63.5 Å². The maximum absolute atomic E-state index is 14.8. The van der Waals surface area contributed by atoms with Gasteiger partial charge in [-0.15, -0.1) is 0 Å². The second-order valence-electron chi connectivity index (χ2n) is 10.1. The number of halogens is 5. The first-order valence-corrected chi connectivity index (χ1v) is 14.5. The molecule has 8 nitrogen and oxygen atoms in total. The molecule has 40 heavy (non-hydrogen) atoms. The highest BCUT2D eigenvalue weighted by molar-refractivity contribution is 7.92. The number of nitrogens with zero attached hydrogens (tertiary/aromatic N) is 4. The average Bonchev–Trinajstić information content (AvgIpc) is 2.87. The summed E-state index contributed by atoms with van der Waals surface area (Å²) < 4.78 is 92.4. The van der Waals surface area contributed by atoms with Gasteiger partial charge in [0, 0.05) is 24.1 Å². The molecule has 218 valence electrons. The molecule has 0 spiro atoms. The maximum Gasteiger partial charge on any atom is 0.390 e. The second-order valence-corrected chi connectivity index (χ2v) is 12.0. The Morgan fingerprint density at radius 3 is 2.50 bits per heavy atom. The number of hydrogen-bond acceptors (Lipinski definition) is 7. The summed E-state index contributed by atoms with van der Waals surface area (Å²) in [5.41, 5.74) is 2.12. The van der Waals surface area contributed by atoms with Crippen LogP contribution in [0.15, 0.2) is 30.5 Å². The molecule has 2 aromatic heterocycles. The Balaban J connectivity index is 1.53. The molecule has 2 N–H and O–H groups in total. The molecule has 1 aromatic carbocycles. The van der Waals surface area contributed by atoms with Crippen molar-refractivity contribution in [2.75, 3.05) is 29.9 Å². The normalized spacial score (nSPS) is 20.2. The zero-order valence-electron chi connectivity index (χ0n) is 22.3. The van der Waals surface area contributed by atoms with Gasteiger partial charge < -0.3 is 10.2 Å². The van der Waals surface area contributed by atoms with Gasteiger partial charge in [-0.25, -0.2) is 32.2 Å². The van der Waals surface area contributed by atoms with E-state index in [0.717, 1.165) is 30.5 Å². The van der Waals surface area contributed by atoms with E-state index in [-0.39, 0.29) is 12.1 Å². The second kappa shape index (κ2) is 11.8. The van der Waals surface area contributed by atoms with Gasteiger partial charge in [0.05, 0.1) is 35.3 Å². The summed E-state index contributed by atoms with van der Waals surface area (Å²) in [4.78, 5) is 15.4. The van der Waals surface area contributed by atoms with Crippen molar-refractivity contribution >= 4 is 32.7 Å². The van der Waals surface area contributed by atoms with Crippen molar-refractivity contribution in [1.29, 1.82) is 0 Å². The topological polar surface area (TPSA) is 100 Å². The number of sulfonamides is 1. The van der Waals surface area contributed by atoms with Gasteiger partial charge in [-0.05, 0) is 57.1 Å². The summed E-state index contributed by atoms with van der Waals surface area (Å²) in [5, 5.41) is 3.23. The van der Waals surface area contributed by atoms with Crippen LogP contribution in [0.3, 0.4) is 0 Å². The minimum absolute atomic E-state index is 0.103. The maximum atomic E-state index is 14.8. The smallest absolute Gasteiger partial charge is 0.351 e. The van der Waals surface area contributed by atoms with Gasteiger partial charge in [0.1, 0.15) is 17.5 Å². The van der Waals surface area contributed by atoms with Gasteiger partial charge in [-0.1, -0.05) is 13.0 Å². The molecule has 4 rings (SSSR count). The summed E-state index contributed by atoms with van der Waals surface area (Å²) in [6, 6.07) is 5.14. The summed E-state index contributed by atoms with van der Waals surface area (Å²) in [6.07, 6.45) is -3.21. The molecule has 3 unspecified atom stereocenters. The highest BCUT2D eigenvalue weighted by Gasteiger charge is 2.32. The first-order chi connectivity index (χ1) is 18.7. The number of aryl methyl sites for hydroxylation is 1. The highest BCUT2D eigenvalue weighted by atomic mass is 32.2. The quantitative estimate of drug-likeness (QED) is 0.328. The molecule has 1 aliphatic rings. The molecule has 2 heterocycles. The van der Waals surface area contributed by atoms with Crippen molar-refractivity contribution < 1.29 is 30.4 Å². The molecular weight excluding hydrogens is 555 g/mol. The molecule has 0 bridgehead atoms. The van der Waals surface area contributed by atoms with Crippen LogP contribution in [0.4, 0.5) is 33.6 Å². The molecular formula is C26H31F5N6O2S. The number of pyridine rings is 1. The first kappa shape index (κ1) is 29.8. The summed E-state index contributed by atoms with van der Waals surface area (Å²) in [7, 11) is -0.657. The van der Waals surface area contributed by atoms with Crippen LogP contribution in [-0.4, -0.2) is 72.5 Å². The van der Waals surface area contributed by atoms with E-state index in [1.54, 1.807) is 6.07 Å². The van der Waals surface area contributed by atoms with Gasteiger partial charge in [0.2, 0.25) is 16.0 Å². The minimum Gasteiger partial charge on any atom is -0.351 e. The van der Waals surface area contributed by atoms with Crippen LogP contribution >= 0.6 is 0 Å². The Labute approximate surface area is 229 Å². The number of aromatic nitrogens is 3. The van der Waals surface area contributed by atoms with Crippen molar-refractivity contribution in [3.05, 3.63) is 41.8 Å². The van der Waals surface area contributed by atoms with E-state index in [1.807, 2.05) is 30.6 Å². The number of alkyl halides is 4. The van der Waals surface area contributed by atoms with Crippen LogP contribution in [0.5, 0.6) is 0 Å². The van der Waals surface area contributed by atoms with Crippen molar-refractivity contribution in [2.24, 2.45) is 0 Å². The number of benzene rings is 1. The molecule has 3 atom stereocenters. The molecule has 0 aliphatic heterocycles. The van der Waals surface area contributed by atoms with Gasteiger partial charge in [-0.2, -0.15) is 13.2 Å². The lowest BCUT2D eigenvalue weighted by Crippen LogP contribution is -2.44. The zero-order valence-corrected chi connectivity index (χ0v) is 23.1. The van der Waals surface area contributed by atoms with E-state index in [0.29, 0.717) is 41.1 Å². The lowest BCUT2D eigenvalue weighted by Gasteiger charge is -2.35. The average molecular weight is 587 g/mol. The first-order valence-electron chi connectivity index (χ1n) is 12.9. The fraction of sp³-hybridized carbons (Fsp3) is 0.500. The largest absolute Gasteiger partial charge is 0.390 e. The van der Waals surface area contributed by atoms with Crippen molar-refractivity contribution in [3.63, 3.8) is 0 Å². The fourth-order valence-corrected chi connectivity index (χ4v) is 5.90. The number of rotatable bonds is 9. The third-order valence-electron chi connectivity index (χ3n) is 6.93. The van der Waals surface area contributed by atoms with Gasteiger partial charge in [-0.3, -0.25) is 4.72 Å². The molecule has 14 heteroatoms. The SMILES string of the molecule is CCc1cc(-c2ccc(NS(=O)(=O)CCC(F)(F)F)c(F)c2)nc2cnc(NC3CCC(N(C)C)C(F)C3)nc12. The summed E-state index contributed by atoms with van der Waals surface area (Å²) in [5.74, 6) is -1.81. The lowest BCUT2D eigenvalue weighted by molar-refractivity contribution is -0.129. The predicted molar refractivity (Wildman–Crippen MR) is 144 cm³/mol. The molecule has 1 aliphatic carbocycles. The molecule has 3 aromatic rings. The molecule has 1 saturated carbocycles. The number of hydrogen-bond donors (Lipinski definition) is 2. The Morgan fingerprint density at radius 2 is 1.88 bits per heavy atom. The van der Waals surface area contributed by atoms with Gasteiger partial charge in [0.15, 0.2) is 0 Å². The highest BCUT2D eigenvalue weighted by Crippen LogP contribution is 2.30. The van der Waals surface area contributed by atoms with Gasteiger partial charge in [0.25, 0.3) is 0 Å². The summed E-state index contributed by atoms with van der Waals surface area (Å²) >= 11 is 0. The number of anilines is 2. The van der Waals surface area contributed by atoms with Gasteiger partial charge >= 0.3 is 6.18 Å². The van der Waals surface area contributed by atoms with Crippen LogP contribution in [-0.2, 0) is 16.4 Å². The van der Waals surface area contributed by atoms with Crippen molar-refractivity contribution in [1.82, 2.24) is 19.9 Å². The van der Waals surface area contributed by atoms with E-state index in [9.17, 15) is 30.4 Å². The number of nitrogens with one attached hydrogen (secondary N) is 2. The van der Waals surface area contributed by atoms with Crippen LogP contribution in [0.25, 0.3) is 22.3 Å². The Morgan fingerprint density at radius 1 is 1.12 bits per heavy atom. The summed E-state index contributed by atoms with van der Waals surface area (Å²) in [6.45, 7) is 1.92. The Kier molecular flexibility index (Phi) is 8.78. The predicted octanol–water partition coefficient (Wildman–Crippen LogP) is 5.32. The Bertz CT molecular complexity index is 1470. The molecule has 0 amide bonds.